The lowest BCUT2D eigenvalue weighted by Gasteiger charge is -2.21. The molecule has 1 N–H and O–H groups in total. The van der Waals surface area contributed by atoms with Crippen molar-refractivity contribution < 1.29 is 9.53 Å². The van der Waals surface area contributed by atoms with Gasteiger partial charge in [0.25, 0.3) is 5.91 Å². The van der Waals surface area contributed by atoms with Crippen molar-refractivity contribution in [2.24, 2.45) is 5.92 Å². The maximum atomic E-state index is 12.2. The van der Waals surface area contributed by atoms with Crippen LogP contribution in [0.3, 0.4) is 0 Å². The average molecular weight is 338 g/mol. The zero-order chi connectivity index (χ0) is 17.6. The number of fused-ring (bicyclic) bond motifs is 1. The van der Waals surface area contributed by atoms with Gasteiger partial charge in [0.05, 0.1) is 25.0 Å². The molecule has 6 heteroatoms. The summed E-state index contributed by atoms with van der Waals surface area (Å²) in [5.74, 6) is 0.790. The van der Waals surface area contributed by atoms with Gasteiger partial charge in [0.1, 0.15) is 5.75 Å². The van der Waals surface area contributed by atoms with Crippen LogP contribution in [0.1, 0.15) is 13.8 Å². The van der Waals surface area contributed by atoms with Gasteiger partial charge in [-0.1, -0.05) is 44.2 Å². The fraction of sp³-hybridized carbons (Fsp3) is 0.316. The van der Waals surface area contributed by atoms with Crippen molar-refractivity contribution in [1.29, 1.82) is 0 Å². The molecule has 3 rings (SSSR count). The van der Waals surface area contributed by atoms with Crippen LogP contribution in [0.4, 0.5) is 0 Å². The molecular formula is C19H22N4O2. The molecule has 2 aromatic carbocycles. The number of rotatable bonds is 7. The molecular weight excluding hydrogens is 316 g/mol. The molecule has 0 aliphatic rings. The summed E-state index contributed by atoms with van der Waals surface area (Å²) in [7, 11) is 0. The molecule has 0 aliphatic carbocycles. The minimum atomic E-state index is -0.154. The van der Waals surface area contributed by atoms with Gasteiger partial charge in [-0.25, -0.2) is 0 Å². The van der Waals surface area contributed by atoms with Gasteiger partial charge in [-0.3, -0.25) is 4.79 Å². The van der Waals surface area contributed by atoms with Crippen molar-refractivity contribution in [2.45, 2.75) is 26.4 Å². The monoisotopic (exact) mass is 338 g/mol. The van der Waals surface area contributed by atoms with Crippen LogP contribution in [0.2, 0.25) is 0 Å². The quantitative estimate of drug-likeness (QED) is 0.719. The van der Waals surface area contributed by atoms with Gasteiger partial charge in [-0.2, -0.15) is 15.0 Å². The predicted octanol–water partition coefficient (Wildman–Crippen LogP) is 2.65. The molecule has 25 heavy (non-hydrogen) atoms. The second-order valence-electron chi connectivity index (χ2n) is 6.30. The highest BCUT2D eigenvalue weighted by atomic mass is 16.5. The molecule has 0 fully saturated rings. The second kappa shape index (κ2) is 7.79. The smallest absolute Gasteiger partial charge is 0.258 e. The normalized spacial score (nSPS) is 12.3. The first kappa shape index (κ1) is 17.0. The van der Waals surface area contributed by atoms with Crippen molar-refractivity contribution in [3.63, 3.8) is 0 Å². The molecule has 0 bridgehead atoms. The highest BCUT2D eigenvalue weighted by Crippen LogP contribution is 2.20. The zero-order valence-electron chi connectivity index (χ0n) is 14.4. The van der Waals surface area contributed by atoms with E-state index >= 15 is 0 Å². The molecule has 1 aromatic heterocycles. The lowest BCUT2D eigenvalue weighted by atomic mass is 10.0. The highest BCUT2D eigenvalue weighted by molar-refractivity contribution is 5.84. The fourth-order valence-corrected chi connectivity index (χ4v) is 2.59. The zero-order valence-corrected chi connectivity index (χ0v) is 14.4. The Morgan fingerprint density at radius 1 is 1.12 bits per heavy atom. The molecule has 0 aliphatic heterocycles. The Labute approximate surface area is 146 Å². The lowest BCUT2D eigenvalue weighted by Crippen LogP contribution is -2.44. The van der Waals surface area contributed by atoms with Gasteiger partial charge in [-0.15, -0.1) is 0 Å². The number of amides is 1. The van der Waals surface area contributed by atoms with Crippen molar-refractivity contribution in [3.8, 4) is 5.75 Å². The van der Waals surface area contributed by atoms with Gasteiger partial charge in [0, 0.05) is 0 Å². The summed E-state index contributed by atoms with van der Waals surface area (Å²) in [5, 5.41) is 13.4. The number of nitrogens with zero attached hydrogens (tertiary/aromatic N) is 3. The number of nitrogens with one attached hydrogen (secondary N) is 1. The van der Waals surface area contributed by atoms with E-state index in [-0.39, 0.29) is 24.5 Å². The summed E-state index contributed by atoms with van der Waals surface area (Å²) in [4.78, 5) is 13.8. The molecule has 0 radical (unpaired) electrons. The van der Waals surface area contributed by atoms with Gasteiger partial charge in [0.15, 0.2) is 6.61 Å². The Hall–Kier alpha value is -2.89. The van der Waals surface area contributed by atoms with Crippen LogP contribution >= 0.6 is 0 Å². The number of hydrogen-bond acceptors (Lipinski definition) is 4. The summed E-state index contributed by atoms with van der Waals surface area (Å²) >= 11 is 0. The summed E-state index contributed by atoms with van der Waals surface area (Å²) in [6.45, 7) is 4.62. The third-order valence-electron chi connectivity index (χ3n) is 4.07. The number of carbonyl (C=O) groups is 1. The molecule has 0 saturated carbocycles. The summed E-state index contributed by atoms with van der Waals surface area (Å²) in [6, 6.07) is 13.8. The van der Waals surface area contributed by atoms with Crippen molar-refractivity contribution >= 4 is 16.7 Å². The van der Waals surface area contributed by atoms with Crippen LogP contribution in [0, 0.1) is 5.92 Å². The maximum absolute atomic E-state index is 12.2. The number of aromatic nitrogens is 3. The summed E-state index contributed by atoms with van der Waals surface area (Å²) < 4.78 is 5.64. The molecule has 1 atom stereocenters. The Bertz CT molecular complexity index is 830. The van der Waals surface area contributed by atoms with E-state index in [1.165, 1.54) is 0 Å². The lowest BCUT2D eigenvalue weighted by molar-refractivity contribution is -0.124. The van der Waals surface area contributed by atoms with Crippen LogP contribution in [0.15, 0.2) is 54.9 Å². The average Bonchev–Trinajstić information content (AvgIpc) is 3.12. The topological polar surface area (TPSA) is 69.0 Å². The number of benzene rings is 2. The Morgan fingerprint density at radius 2 is 1.84 bits per heavy atom. The van der Waals surface area contributed by atoms with E-state index in [0.717, 1.165) is 10.8 Å². The third kappa shape index (κ3) is 4.56. The van der Waals surface area contributed by atoms with Crippen LogP contribution in [0.5, 0.6) is 5.75 Å². The molecule has 1 unspecified atom stereocenters. The minimum Gasteiger partial charge on any atom is -0.484 e. The molecule has 1 heterocycles. The third-order valence-corrected chi connectivity index (χ3v) is 4.07. The van der Waals surface area contributed by atoms with E-state index in [1.54, 1.807) is 17.2 Å². The van der Waals surface area contributed by atoms with E-state index in [2.05, 4.69) is 29.4 Å². The van der Waals surface area contributed by atoms with E-state index in [0.29, 0.717) is 12.3 Å². The van der Waals surface area contributed by atoms with Gasteiger partial charge in [-0.05, 0) is 28.8 Å². The SMILES string of the molecule is CC(C)C(Cn1nccn1)NC(=O)COc1ccc2ccccc2c1. The predicted molar refractivity (Wildman–Crippen MR) is 96.2 cm³/mol. The molecule has 0 saturated heterocycles. The van der Waals surface area contributed by atoms with E-state index < -0.39 is 0 Å². The van der Waals surface area contributed by atoms with Crippen molar-refractivity contribution in [2.75, 3.05) is 6.61 Å². The number of carbonyl (C=O) groups excluding carboxylic acids is 1. The standard InChI is InChI=1S/C19H22N4O2/c1-14(2)18(12-23-20-9-10-21-23)22-19(24)13-25-17-8-7-15-5-3-4-6-16(15)11-17/h3-11,14,18H,12-13H2,1-2H3,(H,22,24). The first-order chi connectivity index (χ1) is 12.1. The Morgan fingerprint density at radius 3 is 2.56 bits per heavy atom. The molecule has 6 nitrogen and oxygen atoms in total. The molecule has 0 spiro atoms. The van der Waals surface area contributed by atoms with Gasteiger partial charge >= 0.3 is 0 Å². The Kier molecular flexibility index (Phi) is 5.28. The van der Waals surface area contributed by atoms with Crippen molar-refractivity contribution in [3.05, 3.63) is 54.9 Å². The van der Waals surface area contributed by atoms with E-state index in [4.69, 9.17) is 4.74 Å². The molecule has 1 amide bonds. The van der Waals surface area contributed by atoms with E-state index in [1.807, 2.05) is 42.5 Å². The number of hydrogen-bond donors (Lipinski definition) is 1. The molecule has 3 aromatic rings. The van der Waals surface area contributed by atoms with E-state index in [9.17, 15) is 4.79 Å². The first-order valence-electron chi connectivity index (χ1n) is 8.37. The minimum absolute atomic E-state index is 0.0197. The maximum Gasteiger partial charge on any atom is 0.258 e. The van der Waals surface area contributed by atoms with Crippen LogP contribution in [-0.4, -0.2) is 33.5 Å². The summed E-state index contributed by atoms with van der Waals surface area (Å²) in [6.07, 6.45) is 3.25. The Balaban J connectivity index is 1.56. The van der Waals surface area contributed by atoms with Crippen LogP contribution < -0.4 is 10.1 Å². The van der Waals surface area contributed by atoms with Gasteiger partial charge < -0.3 is 10.1 Å². The number of ether oxygens (including phenoxy) is 1. The van der Waals surface area contributed by atoms with Crippen LogP contribution in [0.25, 0.3) is 10.8 Å². The van der Waals surface area contributed by atoms with Crippen LogP contribution in [-0.2, 0) is 11.3 Å². The van der Waals surface area contributed by atoms with Gasteiger partial charge in [0.2, 0.25) is 0 Å². The second-order valence-corrected chi connectivity index (χ2v) is 6.30. The first-order valence-corrected chi connectivity index (χ1v) is 8.37. The highest BCUT2D eigenvalue weighted by Gasteiger charge is 2.18. The fourth-order valence-electron chi connectivity index (χ4n) is 2.59. The summed E-state index contributed by atoms with van der Waals surface area (Å²) in [5.41, 5.74) is 0. The molecule has 130 valence electrons. The van der Waals surface area contributed by atoms with Crippen molar-refractivity contribution in [1.82, 2.24) is 20.3 Å². The largest absolute Gasteiger partial charge is 0.484 e.